The van der Waals surface area contributed by atoms with Crippen LogP contribution >= 0.6 is 27.3 Å². The molecule has 5 aromatic rings. The third-order valence-corrected chi connectivity index (χ3v) is 6.69. The highest BCUT2D eigenvalue weighted by Crippen LogP contribution is 2.28. The van der Waals surface area contributed by atoms with Gasteiger partial charge in [0.1, 0.15) is 5.71 Å². The first-order valence-corrected chi connectivity index (χ1v) is 12.7. The molecule has 0 bridgehead atoms. The Balaban J connectivity index is 1.64. The lowest BCUT2D eigenvalue weighted by Gasteiger charge is -2.09. The molecule has 36 heavy (non-hydrogen) atoms. The van der Waals surface area contributed by atoms with Crippen molar-refractivity contribution in [2.75, 3.05) is 5.32 Å². The number of hydrazone groups is 1. The fourth-order valence-electron chi connectivity index (χ4n) is 3.70. The molecule has 0 atom stereocenters. The first-order valence-electron chi connectivity index (χ1n) is 11.0. The first kappa shape index (κ1) is 23.5. The van der Waals surface area contributed by atoms with Crippen molar-refractivity contribution in [1.82, 2.24) is 15.2 Å². The Kier molecular flexibility index (Phi) is 6.92. The monoisotopic (exact) mass is 557 g/mol. The number of halogens is 1. The lowest BCUT2D eigenvalue weighted by Crippen LogP contribution is -2.28. The third kappa shape index (κ3) is 5.07. The van der Waals surface area contributed by atoms with Crippen LogP contribution in [0.2, 0.25) is 0 Å². The van der Waals surface area contributed by atoms with E-state index >= 15 is 0 Å². The number of rotatable bonds is 6. The minimum absolute atomic E-state index is 0.284. The topological polar surface area (TPSA) is 91.3 Å². The lowest BCUT2D eigenvalue weighted by atomic mass is 10.0. The number of urea groups is 1. The predicted molar refractivity (Wildman–Crippen MR) is 148 cm³/mol. The molecule has 2 aromatic heterocycles. The molecule has 5 rings (SSSR count). The summed E-state index contributed by atoms with van der Waals surface area (Å²) in [7, 11) is 0. The van der Waals surface area contributed by atoms with E-state index in [1.54, 1.807) is 12.1 Å². The van der Waals surface area contributed by atoms with Gasteiger partial charge in [0.05, 0.1) is 21.8 Å². The van der Waals surface area contributed by atoms with Crippen molar-refractivity contribution in [2.24, 2.45) is 5.10 Å². The summed E-state index contributed by atoms with van der Waals surface area (Å²) in [4.78, 5) is 27.3. The van der Waals surface area contributed by atoms with E-state index in [9.17, 15) is 9.59 Å². The van der Waals surface area contributed by atoms with Gasteiger partial charge in [-0.2, -0.15) is 5.10 Å². The molecule has 2 amide bonds. The van der Waals surface area contributed by atoms with E-state index in [0.717, 1.165) is 9.35 Å². The maximum atomic E-state index is 13.8. The van der Waals surface area contributed by atoms with Gasteiger partial charge in [0.25, 0.3) is 5.56 Å². The third-order valence-electron chi connectivity index (χ3n) is 5.31. The number of aromatic nitrogens is 2. The normalized spacial score (nSPS) is 11.3. The molecule has 0 saturated carbocycles. The molecule has 0 aliphatic rings. The van der Waals surface area contributed by atoms with Gasteiger partial charge in [0, 0.05) is 15.7 Å². The molecule has 0 radical (unpaired) electrons. The lowest BCUT2D eigenvalue weighted by molar-refractivity contribution is 0.252. The molecule has 0 spiro atoms. The largest absolute Gasteiger partial charge is 0.339 e. The van der Waals surface area contributed by atoms with Crippen LogP contribution in [0.3, 0.4) is 0 Å². The number of anilines is 1. The van der Waals surface area contributed by atoms with E-state index in [-0.39, 0.29) is 5.56 Å². The number of thiophene rings is 1. The maximum absolute atomic E-state index is 13.8. The predicted octanol–water partition coefficient (Wildman–Crippen LogP) is 6.23. The van der Waals surface area contributed by atoms with Crippen molar-refractivity contribution in [1.29, 1.82) is 0 Å². The summed E-state index contributed by atoms with van der Waals surface area (Å²) in [5.74, 6) is 0. The second-order valence-corrected chi connectivity index (χ2v) is 9.58. The van der Waals surface area contributed by atoms with Crippen LogP contribution in [0.25, 0.3) is 16.3 Å². The smallest absolute Gasteiger partial charge is 0.307 e. The number of nitrogens with one attached hydrogen (secondary N) is 3. The van der Waals surface area contributed by atoms with Crippen LogP contribution in [-0.2, 0) is 0 Å². The molecular formula is C27H20BrN5O2S. The van der Waals surface area contributed by atoms with Crippen molar-refractivity contribution in [3.05, 3.63) is 128 Å². The van der Waals surface area contributed by atoms with E-state index in [4.69, 9.17) is 0 Å². The Morgan fingerprint density at radius 1 is 0.917 bits per heavy atom. The van der Waals surface area contributed by atoms with Gasteiger partial charge in [0.2, 0.25) is 0 Å². The first-order chi connectivity index (χ1) is 17.6. The number of hydrogen-bond donors (Lipinski definition) is 3. The summed E-state index contributed by atoms with van der Waals surface area (Å²) in [6, 6.07) is 29.2. The Hall–Kier alpha value is -4.21. The van der Waals surface area contributed by atoms with Crippen molar-refractivity contribution >= 4 is 44.7 Å². The van der Waals surface area contributed by atoms with Crippen LogP contribution in [0.4, 0.5) is 10.5 Å². The zero-order valence-electron chi connectivity index (χ0n) is 18.8. The van der Waals surface area contributed by atoms with Crippen LogP contribution in [-0.4, -0.2) is 21.5 Å². The summed E-state index contributed by atoms with van der Waals surface area (Å²) < 4.78 is 2.31. The molecule has 0 unspecified atom stereocenters. The van der Waals surface area contributed by atoms with E-state index in [1.165, 1.54) is 16.0 Å². The number of H-pyrrole nitrogens is 1. The van der Waals surface area contributed by atoms with Crippen LogP contribution in [0, 0.1) is 0 Å². The van der Waals surface area contributed by atoms with Crippen LogP contribution < -0.4 is 16.3 Å². The molecule has 3 aromatic carbocycles. The summed E-state index contributed by atoms with van der Waals surface area (Å²) >= 11 is 5.00. The van der Waals surface area contributed by atoms with Gasteiger partial charge in [-0.3, -0.25) is 9.89 Å². The van der Waals surface area contributed by atoms with Gasteiger partial charge in [-0.05, 0) is 47.8 Å². The average molecular weight is 558 g/mol. The van der Waals surface area contributed by atoms with Crippen molar-refractivity contribution < 1.29 is 4.79 Å². The minimum Gasteiger partial charge on any atom is -0.307 e. The maximum Gasteiger partial charge on any atom is 0.339 e. The number of aromatic amines is 1. The van der Waals surface area contributed by atoms with Crippen molar-refractivity contribution in [3.8, 4) is 16.3 Å². The second kappa shape index (κ2) is 10.6. The van der Waals surface area contributed by atoms with Gasteiger partial charge in [-0.15, -0.1) is 11.3 Å². The van der Waals surface area contributed by atoms with Crippen molar-refractivity contribution in [3.63, 3.8) is 0 Å². The SMILES string of the molecule is O=C(N/N=C(/c1cccc(Br)c1)c1c(-c2cccs2)[nH]n(-c2ccccc2)c1=O)Nc1ccccc1. The summed E-state index contributed by atoms with van der Waals surface area (Å²) in [5.41, 5.74) is 5.55. The number of benzene rings is 3. The Bertz CT molecular complexity index is 1580. The quantitative estimate of drug-likeness (QED) is 0.170. The molecular weight excluding hydrogens is 538 g/mol. The van der Waals surface area contributed by atoms with Gasteiger partial charge in [-0.25, -0.2) is 14.9 Å². The number of hydrogen-bond acceptors (Lipinski definition) is 4. The number of amides is 2. The molecule has 0 saturated heterocycles. The number of carbonyl (C=O) groups excluding carboxylic acids is 1. The van der Waals surface area contributed by atoms with Crippen LogP contribution in [0.5, 0.6) is 0 Å². The summed E-state index contributed by atoms with van der Waals surface area (Å²) in [6.45, 7) is 0. The van der Waals surface area contributed by atoms with Gasteiger partial charge in [0.15, 0.2) is 0 Å². The summed E-state index contributed by atoms with van der Waals surface area (Å²) in [5, 5.41) is 12.4. The van der Waals surface area contributed by atoms with Crippen LogP contribution in [0.1, 0.15) is 11.1 Å². The van der Waals surface area contributed by atoms with E-state index < -0.39 is 6.03 Å². The molecule has 2 heterocycles. The summed E-state index contributed by atoms with van der Waals surface area (Å²) in [6.07, 6.45) is 0. The standard InChI is InChI=1S/C27H20BrN5O2S/c28-19-10-7-9-18(17-19)24(30-31-27(35)29-20-11-3-1-4-12-20)23-25(22-15-8-16-36-22)32-33(26(23)34)21-13-5-2-6-14-21/h1-17,32H,(H2,29,31,35)/b30-24-. The molecule has 178 valence electrons. The molecule has 7 nitrogen and oxygen atoms in total. The number of carbonyl (C=O) groups is 1. The molecule has 0 fully saturated rings. The molecule has 9 heteroatoms. The fourth-order valence-corrected chi connectivity index (χ4v) is 4.83. The van der Waals surface area contributed by atoms with Gasteiger partial charge >= 0.3 is 6.03 Å². The van der Waals surface area contributed by atoms with E-state index in [0.29, 0.717) is 33.9 Å². The highest BCUT2D eigenvalue weighted by atomic mass is 79.9. The molecule has 3 N–H and O–H groups in total. The van der Waals surface area contributed by atoms with Gasteiger partial charge in [-0.1, -0.05) is 70.5 Å². The Morgan fingerprint density at radius 3 is 2.36 bits per heavy atom. The molecule has 0 aliphatic heterocycles. The van der Waals surface area contributed by atoms with Crippen molar-refractivity contribution in [2.45, 2.75) is 0 Å². The highest BCUT2D eigenvalue weighted by Gasteiger charge is 2.24. The second-order valence-electron chi connectivity index (χ2n) is 7.72. The number of para-hydroxylation sites is 2. The molecule has 0 aliphatic carbocycles. The van der Waals surface area contributed by atoms with E-state index in [1.807, 2.05) is 90.3 Å². The van der Waals surface area contributed by atoms with Crippen LogP contribution in [0.15, 0.2) is 117 Å². The minimum atomic E-state index is -0.523. The van der Waals surface area contributed by atoms with Gasteiger partial charge < -0.3 is 5.32 Å². The zero-order chi connectivity index (χ0) is 24.9. The fraction of sp³-hybridized carbons (Fsp3) is 0. The zero-order valence-corrected chi connectivity index (χ0v) is 21.2. The average Bonchev–Trinajstić information content (AvgIpc) is 3.54. The Labute approximate surface area is 219 Å². The Morgan fingerprint density at radius 2 is 1.67 bits per heavy atom. The van der Waals surface area contributed by atoms with E-state index in [2.05, 4.69) is 36.9 Å². The highest BCUT2D eigenvalue weighted by molar-refractivity contribution is 9.10. The number of nitrogens with zero attached hydrogens (tertiary/aromatic N) is 2.